The van der Waals surface area contributed by atoms with Crippen LogP contribution in [0.25, 0.3) is 0 Å². The molecule has 0 aliphatic heterocycles. The summed E-state index contributed by atoms with van der Waals surface area (Å²) in [5.74, 6) is 4.83. The van der Waals surface area contributed by atoms with Crippen molar-refractivity contribution in [2.75, 3.05) is 13.2 Å². The van der Waals surface area contributed by atoms with Crippen LogP contribution in [0, 0.1) is 17.8 Å². The second kappa shape index (κ2) is 10.4. The maximum absolute atomic E-state index is 11.7. The average molecular weight is 302 g/mol. The fourth-order valence-corrected chi connectivity index (χ4v) is 1.69. The predicted octanol–water partition coefficient (Wildman–Crippen LogP) is 3.22. The number of unbranched alkanes of at least 4 members (excludes halogenated alkanes) is 2. The van der Waals surface area contributed by atoms with Gasteiger partial charge in [-0.2, -0.15) is 0 Å². The minimum atomic E-state index is -0.393. The van der Waals surface area contributed by atoms with Gasteiger partial charge in [-0.25, -0.2) is 4.79 Å². The molecule has 0 fully saturated rings. The van der Waals surface area contributed by atoms with Gasteiger partial charge in [0.1, 0.15) is 5.92 Å². The first-order valence-electron chi connectivity index (χ1n) is 7.52. The number of ether oxygens (including phenoxy) is 2. The van der Waals surface area contributed by atoms with Crippen LogP contribution in [0.5, 0.6) is 0 Å². The molecule has 0 heterocycles. The molecular formula is C18H22O4. The molecule has 22 heavy (non-hydrogen) atoms. The minimum Gasteiger partial charge on any atom is -0.465 e. The van der Waals surface area contributed by atoms with Gasteiger partial charge in [0.05, 0.1) is 18.8 Å². The van der Waals surface area contributed by atoms with E-state index in [1.165, 1.54) is 0 Å². The largest absolute Gasteiger partial charge is 0.465 e. The van der Waals surface area contributed by atoms with Crippen LogP contribution in [0.15, 0.2) is 30.3 Å². The van der Waals surface area contributed by atoms with Gasteiger partial charge in [-0.1, -0.05) is 24.1 Å². The normalized spacial score (nSPS) is 11.0. The third kappa shape index (κ3) is 6.94. The maximum Gasteiger partial charge on any atom is 0.338 e. The lowest BCUT2D eigenvalue weighted by atomic mass is 10.1. The summed E-state index contributed by atoms with van der Waals surface area (Å²) in [6.07, 6.45) is 2.25. The lowest BCUT2D eigenvalue weighted by Gasteiger charge is -2.04. The Morgan fingerprint density at radius 2 is 1.86 bits per heavy atom. The molecule has 0 amide bonds. The van der Waals surface area contributed by atoms with Gasteiger partial charge in [-0.05, 0) is 38.8 Å². The van der Waals surface area contributed by atoms with Crippen molar-refractivity contribution in [2.24, 2.45) is 5.92 Å². The Balaban J connectivity index is 2.14. The van der Waals surface area contributed by atoms with E-state index in [2.05, 4.69) is 11.8 Å². The van der Waals surface area contributed by atoms with Gasteiger partial charge in [0, 0.05) is 6.42 Å². The fourth-order valence-electron chi connectivity index (χ4n) is 1.69. The molecule has 1 aromatic rings. The summed E-state index contributed by atoms with van der Waals surface area (Å²) < 4.78 is 10.0. The smallest absolute Gasteiger partial charge is 0.338 e. The molecule has 0 aliphatic carbocycles. The number of benzene rings is 1. The highest BCUT2D eigenvalue weighted by Crippen LogP contribution is 2.03. The van der Waals surface area contributed by atoms with Crippen molar-refractivity contribution in [1.29, 1.82) is 0 Å². The van der Waals surface area contributed by atoms with Crippen molar-refractivity contribution in [3.05, 3.63) is 35.9 Å². The molecule has 0 aromatic heterocycles. The van der Waals surface area contributed by atoms with Crippen LogP contribution >= 0.6 is 0 Å². The molecule has 1 atom stereocenters. The molecule has 0 radical (unpaired) electrons. The third-order valence-corrected chi connectivity index (χ3v) is 2.90. The Hall–Kier alpha value is -2.28. The van der Waals surface area contributed by atoms with Crippen molar-refractivity contribution in [3.8, 4) is 11.8 Å². The molecular weight excluding hydrogens is 280 g/mol. The quantitative estimate of drug-likeness (QED) is 0.441. The first-order chi connectivity index (χ1) is 10.6. The lowest BCUT2D eigenvalue weighted by molar-refractivity contribution is -0.145. The molecule has 0 saturated carbocycles. The van der Waals surface area contributed by atoms with Crippen LogP contribution in [0.2, 0.25) is 0 Å². The van der Waals surface area contributed by atoms with E-state index in [-0.39, 0.29) is 11.9 Å². The molecule has 0 saturated heterocycles. The number of hydrogen-bond acceptors (Lipinski definition) is 4. The van der Waals surface area contributed by atoms with E-state index in [0.29, 0.717) is 25.2 Å². The monoisotopic (exact) mass is 302 g/mol. The van der Waals surface area contributed by atoms with E-state index < -0.39 is 5.92 Å². The van der Waals surface area contributed by atoms with E-state index in [9.17, 15) is 9.59 Å². The molecule has 4 nitrogen and oxygen atoms in total. The molecule has 1 aromatic carbocycles. The van der Waals surface area contributed by atoms with Gasteiger partial charge < -0.3 is 9.47 Å². The van der Waals surface area contributed by atoms with Crippen molar-refractivity contribution in [2.45, 2.75) is 33.1 Å². The van der Waals surface area contributed by atoms with Crippen LogP contribution in [-0.2, 0) is 14.3 Å². The summed E-state index contributed by atoms with van der Waals surface area (Å²) >= 11 is 0. The molecule has 4 heteroatoms. The zero-order chi connectivity index (χ0) is 16.2. The number of carbonyl (C=O) groups is 2. The SMILES string of the molecule is CCOC(=O)C(C)C#CCCCCOC(=O)c1ccccc1. The zero-order valence-electron chi connectivity index (χ0n) is 13.1. The summed E-state index contributed by atoms with van der Waals surface area (Å²) in [5, 5.41) is 0. The summed E-state index contributed by atoms with van der Waals surface area (Å²) in [7, 11) is 0. The Morgan fingerprint density at radius 1 is 1.14 bits per heavy atom. The van der Waals surface area contributed by atoms with Gasteiger partial charge in [-0.15, -0.1) is 5.92 Å². The highest BCUT2D eigenvalue weighted by atomic mass is 16.5. The van der Waals surface area contributed by atoms with Crippen molar-refractivity contribution >= 4 is 11.9 Å². The Morgan fingerprint density at radius 3 is 2.55 bits per heavy atom. The van der Waals surface area contributed by atoms with Gasteiger partial charge in [0.15, 0.2) is 0 Å². The highest BCUT2D eigenvalue weighted by Gasteiger charge is 2.09. The summed E-state index contributed by atoms with van der Waals surface area (Å²) in [6, 6.07) is 8.91. The van der Waals surface area contributed by atoms with E-state index in [1.54, 1.807) is 38.1 Å². The summed E-state index contributed by atoms with van der Waals surface area (Å²) in [6.45, 7) is 4.25. The molecule has 0 N–H and O–H groups in total. The molecule has 1 rings (SSSR count). The van der Waals surface area contributed by atoms with Crippen LogP contribution in [-0.4, -0.2) is 25.2 Å². The number of esters is 2. The van der Waals surface area contributed by atoms with Gasteiger partial charge in [0.25, 0.3) is 0 Å². The Bertz CT molecular complexity index is 525. The molecule has 118 valence electrons. The number of carbonyl (C=O) groups excluding carboxylic acids is 2. The van der Waals surface area contributed by atoms with E-state index >= 15 is 0 Å². The fraction of sp³-hybridized carbons (Fsp3) is 0.444. The highest BCUT2D eigenvalue weighted by molar-refractivity contribution is 5.89. The topological polar surface area (TPSA) is 52.6 Å². The third-order valence-electron chi connectivity index (χ3n) is 2.90. The maximum atomic E-state index is 11.7. The Kier molecular flexibility index (Phi) is 8.44. The van der Waals surface area contributed by atoms with E-state index in [1.807, 2.05) is 6.07 Å². The zero-order valence-corrected chi connectivity index (χ0v) is 13.1. The van der Waals surface area contributed by atoms with E-state index in [4.69, 9.17) is 9.47 Å². The van der Waals surface area contributed by atoms with Crippen molar-refractivity contribution in [3.63, 3.8) is 0 Å². The Labute approximate surface area is 131 Å². The van der Waals surface area contributed by atoms with Crippen LogP contribution in [0.3, 0.4) is 0 Å². The van der Waals surface area contributed by atoms with E-state index in [0.717, 1.165) is 12.8 Å². The van der Waals surface area contributed by atoms with Crippen LogP contribution in [0.1, 0.15) is 43.5 Å². The molecule has 0 spiro atoms. The predicted molar refractivity (Wildman–Crippen MR) is 84.1 cm³/mol. The summed E-state index contributed by atoms with van der Waals surface area (Å²) in [5.41, 5.74) is 0.561. The van der Waals surface area contributed by atoms with Crippen molar-refractivity contribution in [1.82, 2.24) is 0 Å². The second-order valence-electron chi connectivity index (χ2n) is 4.75. The molecule has 0 bridgehead atoms. The first-order valence-corrected chi connectivity index (χ1v) is 7.52. The standard InChI is InChI=1S/C18H22O4/c1-3-21-17(19)15(2)11-7-4-5-10-14-22-18(20)16-12-8-6-9-13-16/h6,8-9,12-13,15H,3-5,10,14H2,1-2H3. The minimum absolute atomic E-state index is 0.285. The van der Waals surface area contributed by atoms with Crippen molar-refractivity contribution < 1.29 is 19.1 Å². The van der Waals surface area contributed by atoms with Gasteiger partial charge in [0.2, 0.25) is 0 Å². The van der Waals surface area contributed by atoms with Crippen LogP contribution < -0.4 is 0 Å². The van der Waals surface area contributed by atoms with Gasteiger partial charge in [-0.3, -0.25) is 4.79 Å². The van der Waals surface area contributed by atoms with Gasteiger partial charge >= 0.3 is 11.9 Å². The number of hydrogen-bond donors (Lipinski definition) is 0. The van der Waals surface area contributed by atoms with Crippen LogP contribution in [0.4, 0.5) is 0 Å². The lowest BCUT2D eigenvalue weighted by Crippen LogP contribution is -2.12. The second-order valence-corrected chi connectivity index (χ2v) is 4.75. The first kappa shape index (κ1) is 17.8. The molecule has 0 aliphatic rings. The number of rotatable bonds is 7. The molecule has 1 unspecified atom stereocenters. The summed E-state index contributed by atoms with van der Waals surface area (Å²) in [4.78, 5) is 23.0. The average Bonchev–Trinajstić information content (AvgIpc) is 2.54.